The summed E-state index contributed by atoms with van der Waals surface area (Å²) < 4.78 is 11.8. The van der Waals surface area contributed by atoms with E-state index in [9.17, 15) is 4.79 Å². The van der Waals surface area contributed by atoms with Crippen LogP contribution >= 0.6 is 23.1 Å². The van der Waals surface area contributed by atoms with Gasteiger partial charge in [0.1, 0.15) is 5.75 Å². The Labute approximate surface area is 200 Å². The van der Waals surface area contributed by atoms with Crippen molar-refractivity contribution in [2.75, 3.05) is 11.9 Å². The van der Waals surface area contributed by atoms with Gasteiger partial charge in [-0.3, -0.25) is 10.1 Å². The van der Waals surface area contributed by atoms with Gasteiger partial charge in [0.15, 0.2) is 15.8 Å². The van der Waals surface area contributed by atoms with Gasteiger partial charge in [-0.15, -0.1) is 10.2 Å². The van der Waals surface area contributed by atoms with Gasteiger partial charge in [-0.1, -0.05) is 71.4 Å². The van der Waals surface area contributed by atoms with Gasteiger partial charge in [-0.05, 0) is 43.2 Å². The van der Waals surface area contributed by atoms with Crippen LogP contribution in [0.25, 0.3) is 11.3 Å². The van der Waals surface area contributed by atoms with Crippen molar-refractivity contribution in [3.8, 4) is 17.1 Å². The highest BCUT2D eigenvalue weighted by Crippen LogP contribution is 2.29. The molecule has 1 N–H and O–H groups in total. The number of nitrogens with one attached hydrogen (secondary N) is 1. The molecule has 0 unspecified atom stereocenters. The van der Waals surface area contributed by atoms with E-state index >= 15 is 0 Å². The second-order valence-electron chi connectivity index (χ2n) is 7.40. The highest BCUT2D eigenvalue weighted by atomic mass is 32.2. The molecule has 9 heteroatoms. The largest absolute Gasteiger partial charge is 0.494 e. The van der Waals surface area contributed by atoms with Crippen molar-refractivity contribution < 1.29 is 14.1 Å². The van der Waals surface area contributed by atoms with Crippen LogP contribution in [0, 0.1) is 6.92 Å². The van der Waals surface area contributed by atoms with Gasteiger partial charge in [0, 0.05) is 17.4 Å². The van der Waals surface area contributed by atoms with Crippen LogP contribution in [0.1, 0.15) is 41.4 Å². The second kappa shape index (κ2) is 11.1. The molecule has 0 saturated carbocycles. The Morgan fingerprint density at radius 2 is 1.91 bits per heavy atom. The zero-order chi connectivity index (χ0) is 23.0. The Bertz CT molecular complexity index is 1190. The molecular weight excluding hydrogens is 456 g/mol. The van der Waals surface area contributed by atoms with Crippen LogP contribution in [0.5, 0.6) is 5.75 Å². The average molecular weight is 481 g/mol. The molecule has 2 aromatic heterocycles. The molecule has 4 rings (SSSR count). The first-order chi connectivity index (χ1) is 16.1. The lowest BCUT2D eigenvalue weighted by molar-refractivity contribution is 0.101. The predicted octanol–water partition coefficient (Wildman–Crippen LogP) is 6.23. The van der Waals surface area contributed by atoms with E-state index in [0.717, 1.165) is 34.2 Å². The second-order valence-corrected chi connectivity index (χ2v) is 9.60. The summed E-state index contributed by atoms with van der Waals surface area (Å²) in [7, 11) is 0. The average Bonchev–Trinajstić information content (AvgIpc) is 3.49. The minimum absolute atomic E-state index is 0.178. The molecule has 0 spiro atoms. The first kappa shape index (κ1) is 23.0. The first-order valence-electron chi connectivity index (χ1n) is 10.6. The summed E-state index contributed by atoms with van der Waals surface area (Å²) in [6, 6.07) is 17.5. The molecule has 2 heterocycles. The molecule has 0 atom stereocenters. The lowest BCUT2D eigenvalue weighted by Gasteiger charge is -2.05. The summed E-state index contributed by atoms with van der Waals surface area (Å²) in [5.74, 6) is 1.71. The highest BCUT2D eigenvalue weighted by molar-refractivity contribution is 8.00. The summed E-state index contributed by atoms with van der Waals surface area (Å²) >= 11 is 2.91. The number of ether oxygens (including phenoxy) is 1. The molecule has 2 aromatic carbocycles. The van der Waals surface area contributed by atoms with E-state index in [1.807, 2.05) is 24.3 Å². The molecule has 0 saturated heterocycles. The van der Waals surface area contributed by atoms with E-state index in [1.54, 1.807) is 17.8 Å². The third kappa shape index (κ3) is 6.43. The van der Waals surface area contributed by atoms with Crippen LogP contribution < -0.4 is 10.1 Å². The number of hydrogen-bond donors (Lipinski definition) is 1. The third-order valence-electron chi connectivity index (χ3n) is 4.76. The third-order valence-corrected chi connectivity index (χ3v) is 6.80. The molecular formula is C24H24N4O3S2. The van der Waals surface area contributed by atoms with Crippen molar-refractivity contribution in [1.82, 2.24) is 15.4 Å². The van der Waals surface area contributed by atoms with Crippen LogP contribution in [0.2, 0.25) is 0 Å². The minimum Gasteiger partial charge on any atom is -0.494 e. The summed E-state index contributed by atoms with van der Waals surface area (Å²) in [6.45, 7) is 4.88. The number of rotatable bonds is 10. The maximum atomic E-state index is 12.6. The number of hydrogen-bond acceptors (Lipinski definition) is 8. The van der Waals surface area contributed by atoms with Crippen LogP contribution in [0.3, 0.4) is 0 Å². The van der Waals surface area contributed by atoms with Crippen molar-refractivity contribution in [2.45, 2.75) is 36.8 Å². The van der Waals surface area contributed by atoms with Crippen LogP contribution in [-0.2, 0) is 5.75 Å². The minimum atomic E-state index is -0.393. The van der Waals surface area contributed by atoms with Crippen LogP contribution in [-0.4, -0.2) is 27.9 Å². The van der Waals surface area contributed by atoms with Gasteiger partial charge in [-0.25, -0.2) is 0 Å². The monoisotopic (exact) mass is 480 g/mol. The number of amides is 1. The quantitative estimate of drug-likeness (QED) is 0.164. The molecule has 0 aliphatic rings. The summed E-state index contributed by atoms with van der Waals surface area (Å²) in [4.78, 5) is 12.6. The fourth-order valence-corrected chi connectivity index (χ4v) is 4.58. The van der Waals surface area contributed by atoms with E-state index in [1.165, 1.54) is 22.5 Å². The normalized spacial score (nSPS) is 10.8. The van der Waals surface area contributed by atoms with Gasteiger partial charge in [0.2, 0.25) is 5.13 Å². The lowest BCUT2D eigenvalue weighted by Crippen LogP contribution is -2.11. The topological polar surface area (TPSA) is 90.1 Å². The van der Waals surface area contributed by atoms with E-state index in [4.69, 9.17) is 9.26 Å². The van der Waals surface area contributed by atoms with Crippen molar-refractivity contribution in [2.24, 2.45) is 0 Å². The van der Waals surface area contributed by atoms with Gasteiger partial charge in [-0.2, -0.15) is 0 Å². The maximum absolute atomic E-state index is 12.6. The summed E-state index contributed by atoms with van der Waals surface area (Å²) in [6.07, 6.45) is 2.11. The zero-order valence-electron chi connectivity index (χ0n) is 18.4. The number of carbonyl (C=O) groups is 1. The van der Waals surface area contributed by atoms with Gasteiger partial charge in [0.05, 0.1) is 6.61 Å². The van der Waals surface area contributed by atoms with Crippen molar-refractivity contribution in [1.29, 1.82) is 0 Å². The lowest BCUT2D eigenvalue weighted by atomic mass is 10.1. The number of anilines is 1. The van der Waals surface area contributed by atoms with E-state index < -0.39 is 5.91 Å². The Morgan fingerprint density at radius 3 is 2.67 bits per heavy atom. The first-order valence-corrected chi connectivity index (χ1v) is 12.4. The van der Waals surface area contributed by atoms with Crippen molar-refractivity contribution >= 4 is 34.1 Å². The predicted molar refractivity (Wildman–Crippen MR) is 131 cm³/mol. The van der Waals surface area contributed by atoms with Gasteiger partial charge in [0.25, 0.3) is 5.91 Å². The van der Waals surface area contributed by atoms with Crippen LogP contribution in [0.4, 0.5) is 5.13 Å². The Balaban J connectivity index is 1.32. The Kier molecular flexibility index (Phi) is 7.74. The van der Waals surface area contributed by atoms with Crippen molar-refractivity contribution in [3.63, 3.8) is 0 Å². The number of thioether (sulfide) groups is 1. The molecule has 0 bridgehead atoms. The fourth-order valence-electron chi connectivity index (χ4n) is 2.88. The molecule has 33 heavy (non-hydrogen) atoms. The molecule has 170 valence electrons. The molecule has 0 aliphatic carbocycles. The van der Waals surface area contributed by atoms with Crippen molar-refractivity contribution in [3.05, 3.63) is 71.4 Å². The number of carbonyl (C=O) groups excluding carboxylic acids is 1. The fraction of sp³-hybridized carbons (Fsp3) is 0.250. The number of nitrogens with zero attached hydrogens (tertiary/aromatic N) is 3. The number of benzene rings is 2. The van der Waals surface area contributed by atoms with Crippen LogP contribution in [0.15, 0.2) is 63.5 Å². The van der Waals surface area contributed by atoms with E-state index in [2.05, 4.69) is 58.8 Å². The van der Waals surface area contributed by atoms with Gasteiger partial charge < -0.3 is 9.26 Å². The standard InChI is InChI=1S/C24H24N4O3S2/c1-3-4-13-30-19-11-9-18(10-12-19)21-14-20(28-31-21)22(29)25-23-26-27-24(33-23)32-15-17-7-5-16(2)6-8-17/h5-12,14H,3-4,13,15H2,1-2H3,(H,25,26,29). The van der Waals surface area contributed by atoms with E-state index in [-0.39, 0.29) is 5.69 Å². The highest BCUT2D eigenvalue weighted by Gasteiger charge is 2.16. The number of aromatic nitrogens is 3. The molecule has 0 radical (unpaired) electrons. The molecule has 4 aromatic rings. The number of aryl methyl sites for hydroxylation is 1. The zero-order valence-corrected chi connectivity index (χ0v) is 20.0. The SMILES string of the molecule is CCCCOc1ccc(-c2cc(C(=O)Nc3nnc(SCc4ccc(C)cc4)s3)no2)cc1. The molecule has 1 amide bonds. The summed E-state index contributed by atoms with van der Waals surface area (Å²) in [5.41, 5.74) is 3.43. The molecule has 0 fully saturated rings. The summed E-state index contributed by atoms with van der Waals surface area (Å²) in [5, 5.41) is 15.3. The maximum Gasteiger partial charge on any atom is 0.279 e. The molecule has 7 nitrogen and oxygen atoms in total. The van der Waals surface area contributed by atoms with Gasteiger partial charge >= 0.3 is 0 Å². The number of unbranched alkanes of at least 4 members (excludes halogenated alkanes) is 1. The molecule has 0 aliphatic heterocycles. The van der Waals surface area contributed by atoms with E-state index in [0.29, 0.717) is 17.5 Å². The smallest absolute Gasteiger partial charge is 0.279 e. The Hall–Kier alpha value is -3.17. The Morgan fingerprint density at radius 1 is 1.12 bits per heavy atom.